The molecule has 0 bridgehead atoms. The lowest BCUT2D eigenvalue weighted by Crippen LogP contribution is -2.19. The minimum absolute atomic E-state index is 0.441. The summed E-state index contributed by atoms with van der Waals surface area (Å²) in [6.45, 7) is 6.06. The lowest BCUT2D eigenvalue weighted by Gasteiger charge is -2.13. The Bertz CT molecular complexity index is 433. The summed E-state index contributed by atoms with van der Waals surface area (Å²) in [4.78, 5) is 0. The molecule has 0 aromatic carbocycles. The molecule has 0 fully saturated rings. The monoisotopic (exact) mass is 233 g/mol. The summed E-state index contributed by atoms with van der Waals surface area (Å²) in [5, 5.41) is 7.18. The maximum atomic E-state index is 5.09. The highest BCUT2D eigenvalue weighted by Gasteiger charge is 2.09. The van der Waals surface area contributed by atoms with Gasteiger partial charge < -0.3 is 14.4 Å². The smallest absolute Gasteiger partial charge is 0.156 e. The number of hydrogen-bond acceptors (Lipinski definition) is 3. The number of hydrogen-bond donors (Lipinski definition) is 1. The summed E-state index contributed by atoms with van der Waals surface area (Å²) >= 11 is 0. The predicted octanol–water partition coefficient (Wildman–Crippen LogP) is 2.59. The van der Waals surface area contributed by atoms with Crippen LogP contribution in [-0.2, 0) is 6.54 Å². The molecule has 0 amide bonds. The van der Waals surface area contributed by atoms with Gasteiger partial charge in [0.25, 0.3) is 0 Å². The normalized spacial score (nSPS) is 12.8. The van der Waals surface area contributed by atoms with Gasteiger partial charge >= 0.3 is 0 Å². The van der Waals surface area contributed by atoms with Gasteiger partial charge in [-0.05, 0) is 24.6 Å². The van der Waals surface area contributed by atoms with Crippen LogP contribution in [0.15, 0.2) is 35.2 Å². The molecule has 1 atom stereocenters. The zero-order chi connectivity index (χ0) is 12.1. The molecule has 0 saturated carbocycles. The quantitative estimate of drug-likeness (QED) is 0.834. The summed E-state index contributed by atoms with van der Waals surface area (Å²) in [6, 6.07) is 4.49. The van der Waals surface area contributed by atoms with Gasteiger partial charge in [-0.2, -0.15) is 0 Å². The Morgan fingerprint density at radius 3 is 2.94 bits per heavy atom. The Labute approximate surface area is 102 Å². The minimum atomic E-state index is 0.441. The van der Waals surface area contributed by atoms with Crippen LogP contribution in [0.4, 0.5) is 0 Å². The van der Waals surface area contributed by atoms with Crippen molar-refractivity contribution in [1.82, 2.24) is 15.0 Å². The molecule has 1 N–H and O–H groups in total. The Kier molecular flexibility index (Phi) is 3.98. The predicted molar refractivity (Wildman–Crippen MR) is 66.7 cm³/mol. The molecule has 2 aromatic heterocycles. The molecule has 0 aliphatic rings. The van der Waals surface area contributed by atoms with Crippen molar-refractivity contribution in [3.8, 4) is 0 Å². The second kappa shape index (κ2) is 5.68. The average Bonchev–Trinajstić information content (AvgIpc) is 2.98. The van der Waals surface area contributed by atoms with Gasteiger partial charge in [0.05, 0.1) is 12.7 Å². The van der Waals surface area contributed by atoms with Gasteiger partial charge in [0.15, 0.2) is 5.76 Å². The van der Waals surface area contributed by atoms with Crippen LogP contribution in [0.3, 0.4) is 0 Å². The molecule has 4 heteroatoms. The molecule has 17 heavy (non-hydrogen) atoms. The van der Waals surface area contributed by atoms with E-state index in [4.69, 9.17) is 4.52 Å². The van der Waals surface area contributed by atoms with Crippen LogP contribution < -0.4 is 5.32 Å². The van der Waals surface area contributed by atoms with Crippen molar-refractivity contribution in [2.24, 2.45) is 0 Å². The van der Waals surface area contributed by atoms with Gasteiger partial charge in [-0.25, -0.2) is 0 Å². The van der Waals surface area contributed by atoms with Crippen LogP contribution in [0.25, 0.3) is 0 Å². The maximum absolute atomic E-state index is 5.09. The Morgan fingerprint density at radius 1 is 1.41 bits per heavy atom. The van der Waals surface area contributed by atoms with Gasteiger partial charge in [0.2, 0.25) is 0 Å². The first-order valence-corrected chi connectivity index (χ1v) is 6.12. The fourth-order valence-electron chi connectivity index (χ4n) is 2.01. The molecular weight excluding hydrogens is 214 g/mol. The van der Waals surface area contributed by atoms with Crippen molar-refractivity contribution in [3.63, 3.8) is 0 Å². The van der Waals surface area contributed by atoms with Gasteiger partial charge in [-0.1, -0.05) is 19.0 Å². The van der Waals surface area contributed by atoms with Crippen LogP contribution in [-0.4, -0.2) is 16.3 Å². The number of nitrogens with zero attached hydrogens (tertiary/aromatic N) is 2. The van der Waals surface area contributed by atoms with Crippen LogP contribution in [0.2, 0.25) is 0 Å². The topological polar surface area (TPSA) is 43.0 Å². The fourth-order valence-corrected chi connectivity index (χ4v) is 2.01. The Morgan fingerprint density at radius 2 is 2.29 bits per heavy atom. The average molecular weight is 233 g/mol. The standard InChI is InChI=1S/C13H19N3O/c1-3-13(14-4-2)11-6-8-16(9-11)10-12-5-7-15-17-12/h5-9,13-14H,3-4,10H2,1-2H3. The molecule has 92 valence electrons. The first-order chi connectivity index (χ1) is 8.33. The third kappa shape index (κ3) is 2.97. The van der Waals surface area contributed by atoms with Gasteiger partial charge in [0, 0.05) is 24.5 Å². The molecule has 1 unspecified atom stereocenters. The van der Waals surface area contributed by atoms with Crippen molar-refractivity contribution in [2.45, 2.75) is 32.9 Å². The van der Waals surface area contributed by atoms with Crippen LogP contribution in [0.1, 0.15) is 37.6 Å². The van der Waals surface area contributed by atoms with Crippen molar-refractivity contribution < 1.29 is 4.52 Å². The third-order valence-corrected chi connectivity index (χ3v) is 2.86. The highest BCUT2D eigenvalue weighted by atomic mass is 16.5. The molecular formula is C13H19N3O. The van der Waals surface area contributed by atoms with E-state index < -0.39 is 0 Å². The van der Waals surface area contributed by atoms with E-state index in [1.807, 2.05) is 6.07 Å². The SMILES string of the molecule is CCNC(CC)c1ccn(Cc2ccno2)c1. The molecule has 0 saturated heterocycles. The molecule has 0 spiro atoms. The van der Waals surface area contributed by atoms with E-state index >= 15 is 0 Å². The second-order valence-corrected chi connectivity index (χ2v) is 4.11. The summed E-state index contributed by atoms with van der Waals surface area (Å²) in [5.41, 5.74) is 1.33. The van der Waals surface area contributed by atoms with E-state index in [1.54, 1.807) is 6.20 Å². The summed E-state index contributed by atoms with van der Waals surface area (Å²) in [6.07, 6.45) is 7.02. The zero-order valence-corrected chi connectivity index (χ0v) is 10.4. The van der Waals surface area contributed by atoms with Gasteiger partial charge in [-0.15, -0.1) is 0 Å². The third-order valence-electron chi connectivity index (χ3n) is 2.86. The largest absolute Gasteiger partial charge is 0.359 e. The minimum Gasteiger partial charge on any atom is -0.359 e. The fraction of sp³-hybridized carbons (Fsp3) is 0.462. The van der Waals surface area contributed by atoms with Gasteiger partial charge in [-0.3, -0.25) is 0 Å². The van der Waals surface area contributed by atoms with E-state index in [9.17, 15) is 0 Å². The van der Waals surface area contributed by atoms with E-state index in [2.05, 4.69) is 47.3 Å². The lowest BCUT2D eigenvalue weighted by molar-refractivity contribution is 0.376. The van der Waals surface area contributed by atoms with Crippen molar-refractivity contribution in [2.75, 3.05) is 6.54 Å². The second-order valence-electron chi connectivity index (χ2n) is 4.11. The Balaban J connectivity index is 2.04. The van der Waals surface area contributed by atoms with Crippen LogP contribution in [0.5, 0.6) is 0 Å². The maximum Gasteiger partial charge on any atom is 0.156 e. The number of aromatic nitrogens is 2. The van der Waals surface area contributed by atoms with Crippen molar-refractivity contribution in [3.05, 3.63) is 42.0 Å². The number of nitrogens with one attached hydrogen (secondary N) is 1. The first kappa shape index (κ1) is 11.9. The molecule has 2 heterocycles. The summed E-state index contributed by atoms with van der Waals surface area (Å²) in [7, 11) is 0. The van der Waals surface area contributed by atoms with E-state index in [-0.39, 0.29) is 0 Å². The summed E-state index contributed by atoms with van der Waals surface area (Å²) in [5.74, 6) is 0.878. The molecule has 0 radical (unpaired) electrons. The first-order valence-electron chi connectivity index (χ1n) is 6.12. The van der Waals surface area contributed by atoms with Crippen LogP contribution >= 0.6 is 0 Å². The molecule has 0 aliphatic heterocycles. The van der Waals surface area contributed by atoms with Crippen LogP contribution in [0, 0.1) is 0 Å². The Hall–Kier alpha value is -1.55. The van der Waals surface area contributed by atoms with Crippen molar-refractivity contribution in [1.29, 1.82) is 0 Å². The van der Waals surface area contributed by atoms with E-state index in [0.29, 0.717) is 6.04 Å². The molecule has 2 rings (SSSR count). The van der Waals surface area contributed by atoms with E-state index in [1.165, 1.54) is 5.56 Å². The van der Waals surface area contributed by atoms with Crippen molar-refractivity contribution >= 4 is 0 Å². The highest BCUT2D eigenvalue weighted by Crippen LogP contribution is 2.17. The van der Waals surface area contributed by atoms with E-state index in [0.717, 1.165) is 25.3 Å². The highest BCUT2D eigenvalue weighted by molar-refractivity contribution is 5.16. The lowest BCUT2D eigenvalue weighted by atomic mass is 10.1. The summed E-state index contributed by atoms with van der Waals surface area (Å²) < 4.78 is 7.22. The molecule has 0 aliphatic carbocycles. The zero-order valence-electron chi connectivity index (χ0n) is 10.4. The molecule has 4 nitrogen and oxygen atoms in total. The van der Waals surface area contributed by atoms with Gasteiger partial charge in [0.1, 0.15) is 0 Å². The molecule has 2 aromatic rings. The number of rotatable bonds is 6.